The molecular formula is C35H48N2. The summed E-state index contributed by atoms with van der Waals surface area (Å²) in [6, 6.07) is 15.8. The summed E-state index contributed by atoms with van der Waals surface area (Å²) in [6.07, 6.45) is 10.2. The van der Waals surface area contributed by atoms with Crippen molar-refractivity contribution in [3.05, 3.63) is 94.7 Å². The third-order valence-corrected chi connectivity index (χ3v) is 7.53. The third kappa shape index (κ3) is 6.92. The van der Waals surface area contributed by atoms with Gasteiger partial charge in [-0.2, -0.15) is 0 Å². The first-order valence-electron chi connectivity index (χ1n) is 14.2. The van der Waals surface area contributed by atoms with Gasteiger partial charge in [-0.15, -0.1) is 0 Å². The van der Waals surface area contributed by atoms with Gasteiger partial charge in [0.15, 0.2) is 0 Å². The molecule has 0 aliphatic heterocycles. The molecule has 0 saturated heterocycles. The summed E-state index contributed by atoms with van der Waals surface area (Å²) in [6.45, 7) is 23.4. The minimum absolute atomic E-state index is 0.0626. The fraction of sp³-hybridized carbons (Fsp3) is 0.457. The van der Waals surface area contributed by atoms with Crippen LogP contribution in [0.5, 0.6) is 0 Å². The molecule has 0 N–H and O–H groups in total. The Bertz CT molecular complexity index is 1170. The Morgan fingerprint density at radius 3 is 2.35 bits per heavy atom. The number of aryl methyl sites for hydroxylation is 2. The highest BCUT2D eigenvalue weighted by Crippen LogP contribution is 2.38. The SMILES string of the molecule is C=C(C1=CC(c2ccc(C(C)C)cc2)=CCC1)N(C(=NCC)C(C)(C)CCCC)c1ccc(C)cc1C. The van der Waals surface area contributed by atoms with Crippen molar-refractivity contribution in [1.82, 2.24) is 0 Å². The lowest BCUT2D eigenvalue weighted by Crippen LogP contribution is -2.41. The maximum atomic E-state index is 5.15. The summed E-state index contributed by atoms with van der Waals surface area (Å²) >= 11 is 0. The lowest BCUT2D eigenvalue weighted by atomic mass is 9.83. The Hall–Kier alpha value is -2.87. The van der Waals surface area contributed by atoms with E-state index in [1.807, 2.05) is 0 Å². The summed E-state index contributed by atoms with van der Waals surface area (Å²) in [5.41, 5.74) is 9.94. The van der Waals surface area contributed by atoms with Crippen LogP contribution in [0, 0.1) is 19.3 Å². The molecule has 0 amide bonds. The number of benzene rings is 2. The van der Waals surface area contributed by atoms with Crippen LogP contribution in [-0.4, -0.2) is 12.4 Å². The summed E-state index contributed by atoms with van der Waals surface area (Å²) in [5.74, 6) is 1.66. The highest BCUT2D eigenvalue weighted by molar-refractivity contribution is 6.05. The molecule has 0 aromatic heterocycles. The first-order chi connectivity index (χ1) is 17.6. The second kappa shape index (κ2) is 12.6. The zero-order valence-electron chi connectivity index (χ0n) is 24.6. The molecule has 0 bridgehead atoms. The topological polar surface area (TPSA) is 15.6 Å². The van der Waals surface area contributed by atoms with Gasteiger partial charge in [-0.3, -0.25) is 9.89 Å². The molecule has 2 heteroatoms. The summed E-state index contributed by atoms with van der Waals surface area (Å²) in [7, 11) is 0. The van der Waals surface area contributed by atoms with E-state index in [1.54, 1.807) is 0 Å². The Morgan fingerprint density at radius 2 is 1.76 bits per heavy atom. The van der Waals surface area contributed by atoms with Crippen molar-refractivity contribution in [2.75, 3.05) is 11.4 Å². The Labute approximate surface area is 226 Å². The molecule has 37 heavy (non-hydrogen) atoms. The van der Waals surface area contributed by atoms with Crippen molar-refractivity contribution in [2.45, 2.75) is 93.4 Å². The standard InChI is InChI=1S/C35H48N2/c1-10-12-22-35(8,9)34(36-11-2)37(33-21-16-26(5)23-27(33)6)28(7)31-14-13-15-32(24-31)30-19-17-29(18-20-30)25(3)4/h15-21,23-25H,7,10-14,22H2,1-6,8-9H3. The number of nitrogens with zero attached hydrogens (tertiary/aromatic N) is 2. The van der Waals surface area contributed by atoms with Crippen LogP contribution in [0.2, 0.25) is 0 Å². The Morgan fingerprint density at radius 1 is 1.05 bits per heavy atom. The predicted octanol–water partition coefficient (Wildman–Crippen LogP) is 10.2. The van der Waals surface area contributed by atoms with Crippen molar-refractivity contribution in [1.29, 1.82) is 0 Å². The molecule has 0 atom stereocenters. The Kier molecular flexibility index (Phi) is 9.76. The van der Waals surface area contributed by atoms with Crippen LogP contribution < -0.4 is 4.90 Å². The molecule has 0 fully saturated rings. The van der Waals surface area contributed by atoms with Gasteiger partial charge in [-0.25, -0.2) is 0 Å². The predicted molar refractivity (Wildman–Crippen MR) is 165 cm³/mol. The van der Waals surface area contributed by atoms with Gasteiger partial charge in [0, 0.05) is 17.7 Å². The number of aliphatic imine (C=N–C) groups is 1. The largest absolute Gasteiger partial charge is 0.298 e. The van der Waals surface area contributed by atoms with Crippen LogP contribution in [-0.2, 0) is 0 Å². The maximum Gasteiger partial charge on any atom is 0.114 e. The van der Waals surface area contributed by atoms with E-state index in [-0.39, 0.29) is 5.41 Å². The molecule has 3 rings (SSSR count). The first-order valence-corrected chi connectivity index (χ1v) is 14.2. The average molecular weight is 497 g/mol. The number of hydrogen-bond donors (Lipinski definition) is 0. The molecule has 2 nitrogen and oxygen atoms in total. The van der Waals surface area contributed by atoms with Crippen molar-refractivity contribution in [3.8, 4) is 0 Å². The molecule has 0 heterocycles. The third-order valence-electron chi connectivity index (χ3n) is 7.53. The van der Waals surface area contributed by atoms with Gasteiger partial charge >= 0.3 is 0 Å². The lowest BCUT2D eigenvalue weighted by molar-refractivity contribution is 0.446. The quantitative estimate of drug-likeness (QED) is 0.236. The molecule has 2 aromatic carbocycles. The van der Waals surface area contributed by atoms with E-state index in [9.17, 15) is 0 Å². The molecule has 0 radical (unpaired) electrons. The second-order valence-corrected chi connectivity index (χ2v) is 11.5. The van der Waals surface area contributed by atoms with Crippen LogP contribution in [0.1, 0.15) is 102 Å². The van der Waals surface area contributed by atoms with E-state index in [0.29, 0.717) is 5.92 Å². The van der Waals surface area contributed by atoms with Crippen molar-refractivity contribution in [2.24, 2.45) is 10.4 Å². The van der Waals surface area contributed by atoms with Gasteiger partial charge < -0.3 is 0 Å². The molecule has 2 aromatic rings. The number of amidine groups is 1. The normalized spacial score (nSPS) is 14.5. The van der Waals surface area contributed by atoms with Gasteiger partial charge in [0.2, 0.25) is 0 Å². The first kappa shape index (κ1) is 28.7. The zero-order valence-corrected chi connectivity index (χ0v) is 24.6. The lowest BCUT2D eigenvalue weighted by Gasteiger charge is -2.39. The highest BCUT2D eigenvalue weighted by Gasteiger charge is 2.33. The molecule has 0 unspecified atom stereocenters. The van der Waals surface area contributed by atoms with Crippen LogP contribution in [0.3, 0.4) is 0 Å². The zero-order chi connectivity index (χ0) is 27.2. The number of anilines is 1. The van der Waals surface area contributed by atoms with Gasteiger partial charge in [0.25, 0.3) is 0 Å². The minimum Gasteiger partial charge on any atom is -0.298 e. The monoisotopic (exact) mass is 496 g/mol. The number of allylic oxidation sites excluding steroid dienone is 4. The van der Waals surface area contributed by atoms with Crippen LogP contribution in [0.15, 0.2) is 77.5 Å². The molecule has 0 saturated carbocycles. The second-order valence-electron chi connectivity index (χ2n) is 11.5. The van der Waals surface area contributed by atoms with Gasteiger partial charge in [-0.1, -0.05) is 102 Å². The fourth-order valence-electron chi connectivity index (χ4n) is 5.25. The molecular weight excluding hydrogens is 448 g/mol. The fourth-order valence-corrected chi connectivity index (χ4v) is 5.25. The van der Waals surface area contributed by atoms with E-state index >= 15 is 0 Å². The summed E-state index contributed by atoms with van der Waals surface area (Å²) < 4.78 is 0. The van der Waals surface area contributed by atoms with Gasteiger partial charge in [-0.05, 0) is 85.9 Å². The van der Waals surface area contributed by atoms with Crippen LogP contribution in [0.25, 0.3) is 5.57 Å². The van der Waals surface area contributed by atoms with E-state index < -0.39 is 0 Å². The number of rotatable bonds is 10. The van der Waals surface area contributed by atoms with E-state index in [1.165, 1.54) is 51.9 Å². The highest BCUT2D eigenvalue weighted by atomic mass is 15.2. The van der Waals surface area contributed by atoms with Crippen LogP contribution in [0.4, 0.5) is 5.69 Å². The smallest absolute Gasteiger partial charge is 0.114 e. The summed E-state index contributed by atoms with van der Waals surface area (Å²) in [4.78, 5) is 7.53. The van der Waals surface area contributed by atoms with E-state index in [2.05, 4.69) is 115 Å². The molecule has 1 aliphatic rings. The molecule has 0 spiro atoms. The van der Waals surface area contributed by atoms with Crippen molar-refractivity contribution < 1.29 is 0 Å². The maximum absolute atomic E-state index is 5.15. The number of hydrogen-bond acceptors (Lipinski definition) is 1. The van der Waals surface area contributed by atoms with E-state index in [4.69, 9.17) is 11.6 Å². The minimum atomic E-state index is -0.0626. The molecule has 1 aliphatic carbocycles. The van der Waals surface area contributed by atoms with Crippen LogP contribution >= 0.6 is 0 Å². The van der Waals surface area contributed by atoms with E-state index in [0.717, 1.165) is 37.3 Å². The van der Waals surface area contributed by atoms with Gasteiger partial charge in [0.05, 0.1) is 5.69 Å². The van der Waals surface area contributed by atoms with Crippen molar-refractivity contribution in [3.63, 3.8) is 0 Å². The van der Waals surface area contributed by atoms with Gasteiger partial charge in [0.1, 0.15) is 5.84 Å². The van der Waals surface area contributed by atoms with Crippen molar-refractivity contribution >= 4 is 17.1 Å². The Balaban J connectivity index is 2.08. The molecule has 198 valence electrons. The summed E-state index contributed by atoms with van der Waals surface area (Å²) in [5, 5.41) is 0. The number of unbranched alkanes of at least 4 members (excludes halogenated alkanes) is 1. The average Bonchev–Trinajstić information content (AvgIpc) is 2.88.